The predicted molar refractivity (Wildman–Crippen MR) is 61.1 cm³/mol. The minimum Gasteiger partial charge on any atom is -0.481 e. The molecule has 18 heavy (non-hydrogen) atoms. The van der Waals surface area contributed by atoms with Crippen LogP contribution in [-0.2, 0) is 11.0 Å². The number of alkyl halides is 3. The van der Waals surface area contributed by atoms with Gasteiger partial charge in [-0.3, -0.25) is 9.79 Å². The van der Waals surface area contributed by atoms with E-state index in [0.29, 0.717) is 17.8 Å². The fourth-order valence-electron chi connectivity index (χ4n) is 1.33. The van der Waals surface area contributed by atoms with Gasteiger partial charge in [0, 0.05) is 5.71 Å². The van der Waals surface area contributed by atoms with Crippen LogP contribution >= 0.6 is 0 Å². The average molecular weight is 259 g/mol. The first-order valence-electron chi connectivity index (χ1n) is 5.28. The number of benzene rings is 1. The number of carboxylic acid groups (broad SMARTS) is 1. The summed E-state index contributed by atoms with van der Waals surface area (Å²) in [6.45, 7) is 1.74. The van der Waals surface area contributed by atoms with Crippen molar-refractivity contribution in [3.63, 3.8) is 0 Å². The van der Waals surface area contributed by atoms with Gasteiger partial charge in [-0.05, 0) is 30.7 Å². The monoisotopic (exact) mass is 259 g/mol. The Morgan fingerprint density at radius 1 is 1.28 bits per heavy atom. The second kappa shape index (κ2) is 5.66. The lowest BCUT2D eigenvalue weighted by Gasteiger charge is -2.06. The lowest BCUT2D eigenvalue weighted by molar-refractivity contribution is -0.137. The molecule has 0 spiro atoms. The van der Waals surface area contributed by atoms with Gasteiger partial charge in [0.2, 0.25) is 0 Å². The highest BCUT2D eigenvalue weighted by Crippen LogP contribution is 2.30. The van der Waals surface area contributed by atoms with Crippen molar-refractivity contribution in [2.45, 2.75) is 25.9 Å². The summed E-state index contributed by atoms with van der Waals surface area (Å²) in [6.07, 6.45) is -4.15. The van der Waals surface area contributed by atoms with Gasteiger partial charge in [-0.15, -0.1) is 0 Å². The fourth-order valence-corrected chi connectivity index (χ4v) is 1.33. The van der Waals surface area contributed by atoms with Crippen molar-refractivity contribution in [2.75, 3.05) is 0 Å². The molecule has 0 radical (unpaired) electrons. The van der Waals surface area contributed by atoms with Gasteiger partial charge in [0.15, 0.2) is 0 Å². The van der Waals surface area contributed by atoms with Crippen LogP contribution in [0.5, 0.6) is 0 Å². The third-order valence-corrected chi connectivity index (χ3v) is 2.25. The standard InChI is InChI=1S/C12H12F3NO2/c1-2-9(7-11(17)18)16-10-5-3-8(4-6-10)12(13,14)15/h3-6H,2,7H2,1H3,(H,17,18). The number of nitrogens with zero attached hydrogens (tertiary/aromatic N) is 1. The summed E-state index contributed by atoms with van der Waals surface area (Å²) in [7, 11) is 0. The Morgan fingerprint density at radius 3 is 2.22 bits per heavy atom. The lowest BCUT2D eigenvalue weighted by atomic mass is 10.2. The number of hydrogen-bond acceptors (Lipinski definition) is 2. The molecule has 0 unspecified atom stereocenters. The number of rotatable bonds is 4. The van der Waals surface area contributed by atoms with E-state index in [4.69, 9.17) is 5.11 Å². The molecule has 0 bridgehead atoms. The quantitative estimate of drug-likeness (QED) is 0.839. The first-order valence-corrected chi connectivity index (χ1v) is 5.28. The highest BCUT2D eigenvalue weighted by Gasteiger charge is 2.29. The van der Waals surface area contributed by atoms with Crippen LogP contribution < -0.4 is 0 Å². The molecule has 0 aliphatic carbocycles. The third kappa shape index (κ3) is 4.20. The number of carboxylic acids is 1. The van der Waals surface area contributed by atoms with E-state index in [2.05, 4.69) is 4.99 Å². The molecule has 3 nitrogen and oxygen atoms in total. The minimum absolute atomic E-state index is 0.211. The number of carbonyl (C=O) groups is 1. The van der Waals surface area contributed by atoms with Gasteiger partial charge >= 0.3 is 12.1 Å². The van der Waals surface area contributed by atoms with Crippen molar-refractivity contribution in [2.24, 2.45) is 4.99 Å². The van der Waals surface area contributed by atoms with Crippen molar-refractivity contribution < 1.29 is 23.1 Å². The van der Waals surface area contributed by atoms with E-state index in [-0.39, 0.29) is 6.42 Å². The lowest BCUT2D eigenvalue weighted by Crippen LogP contribution is -2.05. The van der Waals surface area contributed by atoms with Crippen molar-refractivity contribution >= 4 is 17.4 Å². The molecule has 6 heteroatoms. The van der Waals surface area contributed by atoms with E-state index in [0.717, 1.165) is 12.1 Å². The van der Waals surface area contributed by atoms with Gasteiger partial charge in [-0.1, -0.05) is 6.92 Å². The summed E-state index contributed by atoms with van der Waals surface area (Å²) in [6, 6.07) is 4.29. The maximum Gasteiger partial charge on any atom is 0.416 e. The Bertz CT molecular complexity index is 449. The number of halogens is 3. The van der Waals surface area contributed by atoms with Crippen LogP contribution in [0.3, 0.4) is 0 Å². The summed E-state index contributed by atoms with van der Waals surface area (Å²) < 4.78 is 36.9. The molecule has 1 aromatic carbocycles. The van der Waals surface area contributed by atoms with Crippen LogP contribution in [0.15, 0.2) is 29.3 Å². The summed E-state index contributed by atoms with van der Waals surface area (Å²) in [5.41, 5.74) is -0.0129. The first kappa shape index (κ1) is 14.2. The Balaban J connectivity index is 2.91. The molecule has 1 rings (SSSR count). The van der Waals surface area contributed by atoms with Gasteiger partial charge in [-0.25, -0.2) is 0 Å². The highest BCUT2D eigenvalue weighted by atomic mass is 19.4. The SMILES string of the molecule is CCC(CC(=O)O)=Nc1ccc(C(F)(F)F)cc1. The average Bonchev–Trinajstić information content (AvgIpc) is 2.27. The maximum atomic E-state index is 12.3. The molecular formula is C12H12F3NO2. The van der Waals surface area contributed by atoms with Gasteiger partial charge < -0.3 is 5.11 Å². The van der Waals surface area contributed by atoms with Gasteiger partial charge in [-0.2, -0.15) is 13.2 Å². The molecular weight excluding hydrogens is 247 g/mol. The molecule has 1 N–H and O–H groups in total. The van der Waals surface area contributed by atoms with Crippen LogP contribution in [0.4, 0.5) is 18.9 Å². The summed E-state index contributed by atoms with van der Waals surface area (Å²) in [4.78, 5) is 14.5. The number of hydrogen-bond donors (Lipinski definition) is 1. The summed E-state index contributed by atoms with van der Waals surface area (Å²) >= 11 is 0. The Morgan fingerprint density at radius 2 is 1.83 bits per heavy atom. The zero-order valence-electron chi connectivity index (χ0n) is 9.66. The molecule has 0 atom stereocenters. The summed E-state index contributed by atoms with van der Waals surface area (Å²) in [5, 5.41) is 8.61. The van der Waals surface area contributed by atoms with Gasteiger partial charge in [0.05, 0.1) is 17.7 Å². The maximum absolute atomic E-state index is 12.3. The van der Waals surface area contributed by atoms with E-state index in [1.165, 1.54) is 12.1 Å². The van der Waals surface area contributed by atoms with Gasteiger partial charge in [0.25, 0.3) is 0 Å². The Kier molecular flexibility index (Phi) is 4.47. The van der Waals surface area contributed by atoms with Crippen LogP contribution in [0, 0.1) is 0 Å². The van der Waals surface area contributed by atoms with E-state index < -0.39 is 17.7 Å². The van der Waals surface area contributed by atoms with Crippen molar-refractivity contribution in [1.82, 2.24) is 0 Å². The molecule has 1 aromatic rings. The highest BCUT2D eigenvalue weighted by molar-refractivity contribution is 5.99. The molecule has 0 aliphatic heterocycles. The van der Waals surface area contributed by atoms with E-state index in [1.807, 2.05) is 0 Å². The van der Waals surface area contributed by atoms with E-state index >= 15 is 0 Å². The van der Waals surface area contributed by atoms with Crippen LogP contribution in [0.2, 0.25) is 0 Å². The molecule has 0 heterocycles. The normalized spacial score (nSPS) is 12.6. The molecule has 98 valence electrons. The van der Waals surface area contributed by atoms with Gasteiger partial charge in [0.1, 0.15) is 0 Å². The smallest absolute Gasteiger partial charge is 0.416 e. The second-order valence-electron chi connectivity index (χ2n) is 3.65. The largest absolute Gasteiger partial charge is 0.481 e. The van der Waals surface area contributed by atoms with Crippen molar-refractivity contribution in [3.8, 4) is 0 Å². The molecule has 0 saturated carbocycles. The predicted octanol–water partition coefficient (Wildman–Crippen LogP) is 3.66. The van der Waals surface area contributed by atoms with Crippen LogP contribution in [-0.4, -0.2) is 16.8 Å². The fraction of sp³-hybridized carbons (Fsp3) is 0.333. The summed E-state index contributed by atoms with van der Waals surface area (Å²) in [5.74, 6) is -1.01. The number of aliphatic carboxylic acids is 1. The second-order valence-corrected chi connectivity index (χ2v) is 3.65. The zero-order valence-corrected chi connectivity index (χ0v) is 9.66. The topological polar surface area (TPSA) is 49.7 Å². The third-order valence-electron chi connectivity index (χ3n) is 2.25. The van der Waals surface area contributed by atoms with Crippen LogP contribution in [0.25, 0.3) is 0 Å². The minimum atomic E-state index is -4.38. The first-order chi connectivity index (χ1) is 8.32. The van der Waals surface area contributed by atoms with Crippen molar-refractivity contribution in [3.05, 3.63) is 29.8 Å². The molecule has 0 aliphatic rings. The zero-order chi connectivity index (χ0) is 13.8. The van der Waals surface area contributed by atoms with E-state index in [1.54, 1.807) is 6.92 Å². The van der Waals surface area contributed by atoms with Crippen LogP contribution in [0.1, 0.15) is 25.3 Å². The Labute approximate surface area is 102 Å². The molecule has 0 amide bonds. The molecule has 0 fully saturated rings. The molecule has 0 saturated heterocycles. The van der Waals surface area contributed by atoms with Crippen molar-refractivity contribution in [1.29, 1.82) is 0 Å². The molecule has 0 aromatic heterocycles. The van der Waals surface area contributed by atoms with E-state index in [9.17, 15) is 18.0 Å². The Hall–Kier alpha value is -1.85. The number of aliphatic imine (C=N–C) groups is 1.